The monoisotopic (exact) mass is 462 g/mol. The zero-order chi connectivity index (χ0) is 24.2. The van der Waals surface area contributed by atoms with Crippen LogP contribution in [0, 0.1) is 0 Å². The van der Waals surface area contributed by atoms with Crippen molar-refractivity contribution < 1.29 is 0 Å². The fourth-order valence-corrected chi connectivity index (χ4v) is 4.87. The lowest BCUT2D eigenvalue weighted by atomic mass is 9.90. The van der Waals surface area contributed by atoms with Crippen molar-refractivity contribution >= 4 is 10.8 Å². The van der Waals surface area contributed by atoms with Gasteiger partial charge in [0.1, 0.15) is 11.4 Å². The Balaban J connectivity index is 1.61. The summed E-state index contributed by atoms with van der Waals surface area (Å²) >= 11 is 0. The molecule has 0 aliphatic heterocycles. The molecule has 0 aliphatic carbocycles. The highest BCUT2D eigenvalue weighted by Crippen LogP contribution is 2.35. The number of aromatic nitrogens is 2. The van der Waals surface area contributed by atoms with Crippen LogP contribution in [0.3, 0.4) is 0 Å². The molecule has 1 aromatic heterocycles. The molecule has 0 aliphatic rings. The van der Waals surface area contributed by atoms with E-state index in [9.17, 15) is 0 Å². The van der Waals surface area contributed by atoms with Crippen LogP contribution < -0.4 is 0 Å². The van der Waals surface area contributed by atoms with E-state index in [1.165, 1.54) is 22.3 Å². The first-order chi connectivity index (χ1) is 17.8. The molecule has 5 aromatic carbocycles. The minimum Gasteiger partial charge on any atom is -0.149 e. The van der Waals surface area contributed by atoms with Crippen molar-refractivity contribution in [2.45, 2.75) is 12.8 Å². The molecule has 36 heavy (non-hydrogen) atoms. The quantitative estimate of drug-likeness (QED) is 0.250. The summed E-state index contributed by atoms with van der Waals surface area (Å²) in [5, 5.41) is 11.8. The molecule has 0 amide bonds. The average Bonchev–Trinajstić information content (AvgIpc) is 2.95. The Kier molecular flexibility index (Phi) is 6.08. The summed E-state index contributed by atoms with van der Waals surface area (Å²) in [5.74, 6) is 0. The summed E-state index contributed by atoms with van der Waals surface area (Å²) in [4.78, 5) is 0. The number of rotatable bonds is 6. The first-order valence-electron chi connectivity index (χ1n) is 12.4. The fraction of sp³-hybridized carbons (Fsp3) is 0.0588. The van der Waals surface area contributed by atoms with Gasteiger partial charge in [0.05, 0.1) is 0 Å². The van der Waals surface area contributed by atoms with E-state index in [0.29, 0.717) is 0 Å². The molecule has 0 saturated carbocycles. The van der Waals surface area contributed by atoms with Crippen LogP contribution in [0.15, 0.2) is 133 Å². The van der Waals surface area contributed by atoms with Crippen LogP contribution in [0.5, 0.6) is 0 Å². The van der Waals surface area contributed by atoms with Gasteiger partial charge in [-0.1, -0.05) is 121 Å². The highest BCUT2D eigenvalue weighted by atomic mass is 15.1. The predicted octanol–water partition coefficient (Wildman–Crippen LogP) is 8.15. The van der Waals surface area contributed by atoms with Gasteiger partial charge in [0.15, 0.2) is 0 Å². The standard InChI is InChI=1S/C34H26N2/c1-5-13-25(14-6-1)21-29-23-31-32(24-30(29)22-26-15-7-2-8-16-26)34(28-19-11-4-12-20-28)36-35-33(31)27-17-9-3-10-18-27/h1-20,23-24H,21-22H2. The van der Waals surface area contributed by atoms with E-state index in [0.717, 1.165) is 46.1 Å². The van der Waals surface area contributed by atoms with Crippen LogP contribution in [0.2, 0.25) is 0 Å². The van der Waals surface area contributed by atoms with Crippen molar-refractivity contribution in [3.05, 3.63) is 156 Å². The minimum absolute atomic E-state index is 0.871. The van der Waals surface area contributed by atoms with Crippen molar-refractivity contribution in [2.24, 2.45) is 0 Å². The third-order valence-corrected chi connectivity index (χ3v) is 6.67. The molecular weight excluding hydrogens is 436 g/mol. The second-order valence-corrected chi connectivity index (χ2v) is 9.12. The Morgan fingerprint density at radius 1 is 0.389 bits per heavy atom. The summed E-state index contributed by atoms with van der Waals surface area (Å²) in [6, 6.07) is 46.9. The van der Waals surface area contributed by atoms with Crippen molar-refractivity contribution in [3.63, 3.8) is 0 Å². The maximum atomic E-state index is 4.77. The molecule has 0 unspecified atom stereocenters. The van der Waals surface area contributed by atoms with Crippen LogP contribution in [-0.2, 0) is 12.8 Å². The maximum Gasteiger partial charge on any atom is 0.101 e. The van der Waals surface area contributed by atoms with E-state index >= 15 is 0 Å². The van der Waals surface area contributed by atoms with Gasteiger partial charge in [-0.15, -0.1) is 10.2 Å². The summed E-state index contributed by atoms with van der Waals surface area (Å²) in [6.45, 7) is 0. The number of fused-ring (bicyclic) bond motifs is 1. The van der Waals surface area contributed by atoms with Gasteiger partial charge >= 0.3 is 0 Å². The molecule has 2 nitrogen and oxygen atoms in total. The summed E-state index contributed by atoms with van der Waals surface area (Å²) in [6.07, 6.45) is 1.74. The van der Waals surface area contributed by atoms with Crippen molar-refractivity contribution in [1.82, 2.24) is 10.2 Å². The van der Waals surface area contributed by atoms with Crippen LogP contribution in [0.4, 0.5) is 0 Å². The average molecular weight is 463 g/mol. The largest absolute Gasteiger partial charge is 0.149 e. The van der Waals surface area contributed by atoms with Gasteiger partial charge in [-0.2, -0.15) is 0 Å². The van der Waals surface area contributed by atoms with E-state index in [4.69, 9.17) is 10.2 Å². The van der Waals surface area contributed by atoms with Crippen LogP contribution in [-0.4, -0.2) is 10.2 Å². The van der Waals surface area contributed by atoms with Gasteiger partial charge < -0.3 is 0 Å². The van der Waals surface area contributed by atoms with Crippen LogP contribution >= 0.6 is 0 Å². The minimum atomic E-state index is 0.871. The van der Waals surface area contributed by atoms with E-state index in [2.05, 4.69) is 121 Å². The molecule has 0 spiro atoms. The normalized spacial score (nSPS) is 11.0. The molecule has 1 heterocycles. The lowest BCUT2D eigenvalue weighted by Gasteiger charge is -2.16. The zero-order valence-electron chi connectivity index (χ0n) is 20.0. The van der Waals surface area contributed by atoms with E-state index in [1.807, 2.05) is 12.1 Å². The van der Waals surface area contributed by atoms with Crippen LogP contribution in [0.1, 0.15) is 22.3 Å². The second-order valence-electron chi connectivity index (χ2n) is 9.12. The number of benzene rings is 5. The molecule has 0 N–H and O–H groups in total. The first-order valence-corrected chi connectivity index (χ1v) is 12.4. The zero-order valence-corrected chi connectivity index (χ0v) is 20.0. The highest BCUT2D eigenvalue weighted by molar-refractivity contribution is 6.02. The SMILES string of the molecule is c1ccc(Cc2cc3c(-c4ccccc4)nnc(-c4ccccc4)c3cc2Cc2ccccc2)cc1. The topological polar surface area (TPSA) is 25.8 Å². The Labute approximate surface area is 211 Å². The van der Waals surface area contributed by atoms with Gasteiger partial charge in [-0.3, -0.25) is 0 Å². The third kappa shape index (κ3) is 4.54. The summed E-state index contributed by atoms with van der Waals surface area (Å²) < 4.78 is 0. The Bertz CT molecular complexity index is 1470. The molecular formula is C34H26N2. The number of nitrogens with zero attached hydrogens (tertiary/aromatic N) is 2. The third-order valence-electron chi connectivity index (χ3n) is 6.67. The summed E-state index contributed by atoms with van der Waals surface area (Å²) in [7, 11) is 0. The number of hydrogen-bond acceptors (Lipinski definition) is 2. The van der Waals surface area contributed by atoms with E-state index in [1.54, 1.807) is 0 Å². The lowest BCUT2D eigenvalue weighted by Crippen LogP contribution is -2.01. The smallest absolute Gasteiger partial charge is 0.101 e. The molecule has 2 heteroatoms. The molecule has 172 valence electrons. The van der Waals surface area contributed by atoms with Crippen molar-refractivity contribution in [3.8, 4) is 22.5 Å². The fourth-order valence-electron chi connectivity index (χ4n) is 4.87. The first kappa shape index (κ1) is 21.9. The van der Waals surface area contributed by atoms with Gasteiger partial charge in [0.25, 0.3) is 0 Å². The Hall–Kier alpha value is -4.56. The Morgan fingerprint density at radius 3 is 1.08 bits per heavy atom. The van der Waals surface area contributed by atoms with Gasteiger partial charge in [0.2, 0.25) is 0 Å². The van der Waals surface area contributed by atoms with E-state index < -0.39 is 0 Å². The van der Waals surface area contributed by atoms with Gasteiger partial charge in [-0.05, 0) is 47.2 Å². The second kappa shape index (κ2) is 9.97. The molecule has 0 bridgehead atoms. The van der Waals surface area contributed by atoms with Crippen LogP contribution in [0.25, 0.3) is 33.3 Å². The molecule has 6 rings (SSSR count). The van der Waals surface area contributed by atoms with Crippen molar-refractivity contribution in [1.29, 1.82) is 0 Å². The van der Waals surface area contributed by atoms with Gasteiger partial charge in [-0.25, -0.2) is 0 Å². The Morgan fingerprint density at radius 2 is 0.722 bits per heavy atom. The molecule has 0 saturated heterocycles. The highest BCUT2D eigenvalue weighted by Gasteiger charge is 2.16. The predicted molar refractivity (Wildman–Crippen MR) is 149 cm³/mol. The van der Waals surface area contributed by atoms with Gasteiger partial charge in [0, 0.05) is 21.9 Å². The van der Waals surface area contributed by atoms with Crippen molar-refractivity contribution in [2.75, 3.05) is 0 Å². The lowest BCUT2D eigenvalue weighted by molar-refractivity contribution is 1.05. The molecule has 0 atom stereocenters. The van der Waals surface area contributed by atoms with E-state index in [-0.39, 0.29) is 0 Å². The number of hydrogen-bond donors (Lipinski definition) is 0. The molecule has 0 radical (unpaired) electrons. The molecule has 0 fully saturated rings. The summed E-state index contributed by atoms with van der Waals surface area (Å²) in [5.41, 5.74) is 9.25. The molecule has 6 aromatic rings. The maximum absolute atomic E-state index is 4.77.